The van der Waals surface area contributed by atoms with Crippen molar-refractivity contribution >= 4 is 11.8 Å². The van der Waals surface area contributed by atoms with Crippen LogP contribution in [0.15, 0.2) is 73.2 Å². The highest BCUT2D eigenvalue weighted by Crippen LogP contribution is 2.36. The molecule has 0 unspecified atom stereocenters. The van der Waals surface area contributed by atoms with Gasteiger partial charge in [-0.3, -0.25) is 19.6 Å². The number of carbonyl (C=O) groups is 2. The van der Waals surface area contributed by atoms with Crippen LogP contribution >= 0.6 is 0 Å². The molecule has 1 saturated heterocycles. The number of nitrogens with one attached hydrogen (secondary N) is 1. The molecule has 2 aromatic heterocycles. The molecular weight excluding hydrogens is 400 g/mol. The van der Waals surface area contributed by atoms with Gasteiger partial charge in [0.15, 0.2) is 0 Å². The van der Waals surface area contributed by atoms with Crippen LogP contribution in [0.2, 0.25) is 0 Å². The molecule has 1 fully saturated rings. The van der Waals surface area contributed by atoms with Crippen molar-refractivity contribution in [2.24, 2.45) is 5.41 Å². The van der Waals surface area contributed by atoms with Crippen molar-refractivity contribution in [3.63, 3.8) is 0 Å². The van der Waals surface area contributed by atoms with Crippen molar-refractivity contribution in [3.8, 4) is 11.1 Å². The Hall–Kier alpha value is -3.54. The normalized spacial score (nSPS) is 18.0. The number of aromatic nitrogens is 2. The van der Waals surface area contributed by atoms with Gasteiger partial charge in [-0.25, -0.2) is 0 Å². The van der Waals surface area contributed by atoms with E-state index in [4.69, 9.17) is 0 Å². The fourth-order valence-electron chi connectivity index (χ4n) is 4.26. The molecule has 0 saturated carbocycles. The van der Waals surface area contributed by atoms with Crippen molar-refractivity contribution in [2.75, 3.05) is 13.1 Å². The highest BCUT2D eigenvalue weighted by Gasteiger charge is 2.46. The zero-order valence-electron chi connectivity index (χ0n) is 18.5. The van der Waals surface area contributed by atoms with Gasteiger partial charge in [0, 0.05) is 37.7 Å². The predicted octanol–water partition coefficient (Wildman–Crippen LogP) is 3.74. The van der Waals surface area contributed by atoms with Crippen molar-refractivity contribution in [1.82, 2.24) is 20.2 Å². The van der Waals surface area contributed by atoms with Crippen LogP contribution in [0, 0.1) is 5.41 Å². The van der Waals surface area contributed by atoms with Crippen LogP contribution in [0.3, 0.4) is 0 Å². The second kappa shape index (κ2) is 9.30. The SMILES string of the molecule is CC(C)NC(=O)[C@@]1(Cc2ccc(-c3cccnc3)cc2)CCN(C(=O)c2ccccn2)C1. The minimum atomic E-state index is -0.662. The first-order chi connectivity index (χ1) is 15.5. The molecule has 6 nitrogen and oxygen atoms in total. The third-order valence-electron chi connectivity index (χ3n) is 5.92. The summed E-state index contributed by atoms with van der Waals surface area (Å²) in [7, 11) is 0. The van der Waals surface area contributed by atoms with Gasteiger partial charge in [0.25, 0.3) is 5.91 Å². The summed E-state index contributed by atoms with van der Waals surface area (Å²) in [6, 6.07) is 17.5. The molecule has 0 radical (unpaired) electrons. The fraction of sp³-hybridized carbons (Fsp3) is 0.308. The molecule has 3 heterocycles. The van der Waals surface area contributed by atoms with Gasteiger partial charge in [0.05, 0.1) is 5.41 Å². The van der Waals surface area contributed by atoms with Gasteiger partial charge >= 0.3 is 0 Å². The van der Waals surface area contributed by atoms with Gasteiger partial charge < -0.3 is 10.2 Å². The zero-order chi connectivity index (χ0) is 22.6. The van der Waals surface area contributed by atoms with Gasteiger partial charge in [-0.05, 0) is 61.6 Å². The van der Waals surface area contributed by atoms with Gasteiger partial charge in [0.2, 0.25) is 5.91 Å². The third-order valence-corrected chi connectivity index (χ3v) is 5.92. The van der Waals surface area contributed by atoms with Crippen LogP contribution in [0.5, 0.6) is 0 Å². The van der Waals surface area contributed by atoms with Gasteiger partial charge in [-0.2, -0.15) is 0 Å². The quantitative estimate of drug-likeness (QED) is 0.649. The molecule has 0 aliphatic carbocycles. The Morgan fingerprint density at radius 1 is 1.03 bits per heavy atom. The monoisotopic (exact) mass is 428 g/mol. The Morgan fingerprint density at radius 2 is 1.84 bits per heavy atom. The van der Waals surface area contributed by atoms with E-state index < -0.39 is 5.41 Å². The molecule has 164 valence electrons. The second-order valence-corrected chi connectivity index (χ2v) is 8.72. The summed E-state index contributed by atoms with van der Waals surface area (Å²) in [5.41, 5.74) is 2.96. The molecular formula is C26H28N4O2. The number of nitrogens with zero attached hydrogens (tertiary/aromatic N) is 3. The maximum Gasteiger partial charge on any atom is 0.272 e. The van der Waals surface area contributed by atoms with Crippen LogP contribution in [-0.4, -0.2) is 45.8 Å². The maximum atomic E-state index is 13.3. The molecule has 1 aliphatic heterocycles. The Labute approximate surface area is 188 Å². The topological polar surface area (TPSA) is 75.2 Å². The van der Waals surface area contributed by atoms with Crippen LogP contribution in [0.1, 0.15) is 36.3 Å². The number of hydrogen-bond donors (Lipinski definition) is 1. The van der Waals surface area contributed by atoms with E-state index in [9.17, 15) is 9.59 Å². The summed E-state index contributed by atoms with van der Waals surface area (Å²) in [6.45, 7) is 4.83. The molecule has 0 bridgehead atoms. The standard InChI is InChI=1S/C26H28N4O2/c1-19(2)29-25(32)26(12-15-30(18-26)24(31)23-7-3-4-14-28-23)16-20-8-10-21(11-9-20)22-6-5-13-27-17-22/h3-11,13-14,17,19H,12,15-16,18H2,1-2H3,(H,29,32)/t26-/m1/s1. The number of pyridine rings is 2. The number of carbonyl (C=O) groups excluding carboxylic acids is 2. The lowest BCUT2D eigenvalue weighted by molar-refractivity contribution is -0.130. The molecule has 1 N–H and O–H groups in total. The predicted molar refractivity (Wildman–Crippen MR) is 124 cm³/mol. The van der Waals surface area contributed by atoms with Crippen molar-refractivity contribution in [3.05, 3.63) is 84.4 Å². The van der Waals surface area contributed by atoms with Crippen molar-refractivity contribution in [1.29, 1.82) is 0 Å². The van der Waals surface area contributed by atoms with Crippen molar-refractivity contribution in [2.45, 2.75) is 32.7 Å². The largest absolute Gasteiger partial charge is 0.353 e. The Bertz CT molecular complexity index is 1070. The number of amides is 2. The lowest BCUT2D eigenvalue weighted by Crippen LogP contribution is -2.47. The fourth-order valence-corrected chi connectivity index (χ4v) is 4.26. The van der Waals surface area contributed by atoms with Crippen LogP contribution in [0.25, 0.3) is 11.1 Å². The number of hydrogen-bond acceptors (Lipinski definition) is 4. The molecule has 6 heteroatoms. The van der Waals surface area contributed by atoms with E-state index in [2.05, 4.69) is 39.6 Å². The first kappa shape index (κ1) is 21.7. The zero-order valence-corrected chi connectivity index (χ0v) is 18.5. The van der Waals surface area contributed by atoms with E-state index in [0.29, 0.717) is 31.6 Å². The summed E-state index contributed by atoms with van der Waals surface area (Å²) >= 11 is 0. The lowest BCUT2D eigenvalue weighted by atomic mass is 9.79. The molecule has 0 spiro atoms. The second-order valence-electron chi connectivity index (χ2n) is 8.72. The number of rotatable bonds is 6. The first-order valence-corrected chi connectivity index (χ1v) is 11.0. The van der Waals surface area contributed by atoms with Crippen LogP contribution < -0.4 is 5.32 Å². The van der Waals surface area contributed by atoms with Crippen molar-refractivity contribution < 1.29 is 9.59 Å². The maximum absolute atomic E-state index is 13.3. The van der Waals surface area contributed by atoms with E-state index in [-0.39, 0.29) is 17.9 Å². The molecule has 3 aromatic rings. The molecule has 4 rings (SSSR count). The van der Waals surface area contributed by atoms with E-state index in [1.54, 1.807) is 35.5 Å². The number of likely N-dealkylation sites (tertiary alicyclic amines) is 1. The minimum absolute atomic E-state index is 0.000145. The highest BCUT2D eigenvalue weighted by atomic mass is 16.2. The summed E-state index contributed by atoms with van der Waals surface area (Å²) in [5.74, 6) is -0.128. The molecule has 1 aliphatic rings. The van der Waals surface area contributed by atoms with Gasteiger partial charge in [0.1, 0.15) is 5.69 Å². The smallest absolute Gasteiger partial charge is 0.272 e. The summed E-state index contributed by atoms with van der Waals surface area (Å²) < 4.78 is 0. The van der Waals surface area contributed by atoms with E-state index in [1.807, 2.05) is 32.2 Å². The summed E-state index contributed by atoms with van der Waals surface area (Å²) in [5, 5.41) is 3.08. The van der Waals surface area contributed by atoms with Crippen LogP contribution in [-0.2, 0) is 11.2 Å². The lowest BCUT2D eigenvalue weighted by Gasteiger charge is -2.29. The molecule has 1 atom stereocenters. The summed E-state index contributed by atoms with van der Waals surface area (Å²) in [6.07, 6.45) is 6.41. The molecule has 1 aromatic carbocycles. The molecule has 32 heavy (non-hydrogen) atoms. The van der Waals surface area contributed by atoms with Gasteiger partial charge in [-0.15, -0.1) is 0 Å². The average Bonchev–Trinajstić information content (AvgIpc) is 3.25. The highest BCUT2D eigenvalue weighted by molar-refractivity contribution is 5.93. The van der Waals surface area contributed by atoms with E-state index in [1.165, 1.54) is 0 Å². The first-order valence-electron chi connectivity index (χ1n) is 11.0. The van der Waals surface area contributed by atoms with Gasteiger partial charge in [-0.1, -0.05) is 36.4 Å². The number of benzene rings is 1. The summed E-state index contributed by atoms with van der Waals surface area (Å²) in [4.78, 5) is 36.4. The third kappa shape index (κ3) is 4.69. The average molecular weight is 429 g/mol. The minimum Gasteiger partial charge on any atom is -0.353 e. The Kier molecular flexibility index (Phi) is 6.30. The van der Waals surface area contributed by atoms with E-state index >= 15 is 0 Å². The Balaban J connectivity index is 1.56. The Morgan fingerprint density at radius 3 is 2.50 bits per heavy atom. The van der Waals surface area contributed by atoms with Crippen LogP contribution in [0.4, 0.5) is 0 Å². The van der Waals surface area contributed by atoms with E-state index in [0.717, 1.165) is 16.7 Å². The molecule has 2 amide bonds.